The summed E-state index contributed by atoms with van der Waals surface area (Å²) in [5, 5.41) is 9.70. The second kappa shape index (κ2) is 6.44. The summed E-state index contributed by atoms with van der Waals surface area (Å²) in [5.41, 5.74) is 3.09. The molecule has 0 saturated carbocycles. The quantitative estimate of drug-likeness (QED) is 0.911. The van der Waals surface area contributed by atoms with Crippen LogP contribution in [0.4, 0.5) is 5.69 Å². The number of anilines is 1. The fourth-order valence-electron chi connectivity index (χ4n) is 2.08. The summed E-state index contributed by atoms with van der Waals surface area (Å²) < 4.78 is 0. The van der Waals surface area contributed by atoms with Gasteiger partial charge in [-0.1, -0.05) is 41.4 Å². The van der Waals surface area contributed by atoms with Crippen LogP contribution < -0.4 is 4.90 Å². The highest BCUT2D eigenvalue weighted by molar-refractivity contribution is 6.30. The molecule has 0 aliphatic rings. The third kappa shape index (κ3) is 4.00. The topological polar surface area (TPSA) is 40.5 Å². The molecule has 2 aromatic rings. The van der Waals surface area contributed by atoms with E-state index in [0.29, 0.717) is 11.6 Å². The number of carbonyl (C=O) groups is 1. The molecule has 0 atom stereocenters. The highest BCUT2D eigenvalue weighted by atomic mass is 35.5. The molecule has 0 aliphatic carbocycles. The summed E-state index contributed by atoms with van der Waals surface area (Å²) in [6, 6.07) is 15.3. The SMILES string of the molecule is Cc1cccc(CN(CC(=O)O)c2ccc(Cl)cc2)c1. The van der Waals surface area contributed by atoms with Crippen molar-refractivity contribution in [1.29, 1.82) is 0 Å². The Morgan fingerprint density at radius 1 is 1.20 bits per heavy atom. The Morgan fingerprint density at radius 2 is 1.90 bits per heavy atom. The molecular formula is C16H16ClNO2. The molecule has 0 aromatic heterocycles. The lowest BCUT2D eigenvalue weighted by Crippen LogP contribution is -2.29. The molecule has 4 heteroatoms. The molecule has 0 spiro atoms. The van der Waals surface area contributed by atoms with Crippen molar-refractivity contribution in [3.8, 4) is 0 Å². The molecule has 104 valence electrons. The number of hydrogen-bond donors (Lipinski definition) is 1. The zero-order chi connectivity index (χ0) is 14.5. The van der Waals surface area contributed by atoms with Gasteiger partial charge < -0.3 is 10.0 Å². The maximum Gasteiger partial charge on any atom is 0.323 e. The molecule has 0 radical (unpaired) electrons. The second-order valence-electron chi connectivity index (χ2n) is 4.72. The summed E-state index contributed by atoms with van der Waals surface area (Å²) in [4.78, 5) is 12.9. The standard InChI is InChI=1S/C16H16ClNO2/c1-12-3-2-4-13(9-12)10-18(11-16(19)20)15-7-5-14(17)6-8-15/h2-9H,10-11H2,1H3,(H,19,20). The van der Waals surface area contributed by atoms with E-state index >= 15 is 0 Å². The lowest BCUT2D eigenvalue weighted by molar-refractivity contribution is -0.135. The zero-order valence-corrected chi connectivity index (χ0v) is 12.0. The minimum absolute atomic E-state index is 0.0461. The van der Waals surface area contributed by atoms with Crippen LogP contribution in [0.2, 0.25) is 5.02 Å². The van der Waals surface area contributed by atoms with Crippen LogP contribution >= 0.6 is 11.6 Å². The Kier molecular flexibility index (Phi) is 4.64. The van der Waals surface area contributed by atoms with Gasteiger partial charge in [0.15, 0.2) is 0 Å². The summed E-state index contributed by atoms with van der Waals surface area (Å²) in [7, 11) is 0. The Balaban J connectivity index is 2.23. The largest absolute Gasteiger partial charge is 0.480 e. The summed E-state index contributed by atoms with van der Waals surface area (Å²) in [6.45, 7) is 2.53. The van der Waals surface area contributed by atoms with Gasteiger partial charge in [0, 0.05) is 17.3 Å². The maximum absolute atomic E-state index is 11.0. The van der Waals surface area contributed by atoms with Gasteiger partial charge in [-0.2, -0.15) is 0 Å². The fraction of sp³-hybridized carbons (Fsp3) is 0.188. The highest BCUT2D eigenvalue weighted by Crippen LogP contribution is 2.20. The molecular weight excluding hydrogens is 274 g/mol. The minimum atomic E-state index is -0.854. The van der Waals surface area contributed by atoms with E-state index in [1.807, 2.05) is 42.2 Å². The van der Waals surface area contributed by atoms with Crippen LogP contribution in [0.15, 0.2) is 48.5 Å². The van der Waals surface area contributed by atoms with E-state index in [0.717, 1.165) is 16.8 Å². The third-order valence-corrected chi connectivity index (χ3v) is 3.23. The van der Waals surface area contributed by atoms with Crippen LogP contribution in [0.5, 0.6) is 0 Å². The van der Waals surface area contributed by atoms with Gasteiger partial charge in [-0.15, -0.1) is 0 Å². The van der Waals surface area contributed by atoms with Crippen LogP contribution in [0, 0.1) is 6.92 Å². The first-order valence-corrected chi connectivity index (χ1v) is 6.70. The molecule has 2 rings (SSSR count). The molecule has 0 amide bonds. The van der Waals surface area contributed by atoms with E-state index in [4.69, 9.17) is 16.7 Å². The van der Waals surface area contributed by atoms with Gasteiger partial charge in [0.25, 0.3) is 0 Å². The highest BCUT2D eigenvalue weighted by Gasteiger charge is 2.11. The average molecular weight is 290 g/mol. The Hall–Kier alpha value is -2.00. The molecule has 0 fully saturated rings. The molecule has 2 aromatic carbocycles. The van der Waals surface area contributed by atoms with E-state index in [-0.39, 0.29) is 6.54 Å². The molecule has 0 aliphatic heterocycles. The first kappa shape index (κ1) is 14.4. The zero-order valence-electron chi connectivity index (χ0n) is 11.2. The van der Waals surface area contributed by atoms with E-state index < -0.39 is 5.97 Å². The van der Waals surface area contributed by atoms with Crippen molar-refractivity contribution in [3.63, 3.8) is 0 Å². The predicted molar refractivity (Wildman–Crippen MR) is 81.3 cm³/mol. The number of nitrogens with zero attached hydrogens (tertiary/aromatic N) is 1. The van der Waals surface area contributed by atoms with Crippen molar-refractivity contribution < 1.29 is 9.90 Å². The van der Waals surface area contributed by atoms with Crippen LogP contribution in [-0.4, -0.2) is 17.6 Å². The first-order chi connectivity index (χ1) is 9.54. The van der Waals surface area contributed by atoms with Gasteiger partial charge in [0.05, 0.1) is 0 Å². The Morgan fingerprint density at radius 3 is 2.50 bits per heavy atom. The van der Waals surface area contributed by atoms with Crippen molar-refractivity contribution in [2.45, 2.75) is 13.5 Å². The van der Waals surface area contributed by atoms with Gasteiger partial charge in [0.2, 0.25) is 0 Å². The van der Waals surface area contributed by atoms with Gasteiger partial charge >= 0.3 is 5.97 Å². The average Bonchev–Trinajstić information content (AvgIpc) is 2.38. The second-order valence-corrected chi connectivity index (χ2v) is 5.15. The van der Waals surface area contributed by atoms with Gasteiger partial charge in [-0.3, -0.25) is 4.79 Å². The first-order valence-electron chi connectivity index (χ1n) is 6.32. The van der Waals surface area contributed by atoms with E-state index in [2.05, 4.69) is 6.07 Å². The Bertz CT molecular complexity index is 596. The molecule has 1 N–H and O–H groups in total. The van der Waals surface area contributed by atoms with Gasteiger partial charge in [-0.25, -0.2) is 0 Å². The molecule has 0 heterocycles. The van der Waals surface area contributed by atoms with Crippen LogP contribution in [0.1, 0.15) is 11.1 Å². The summed E-state index contributed by atoms with van der Waals surface area (Å²) in [5.74, 6) is -0.854. The minimum Gasteiger partial charge on any atom is -0.480 e. The monoisotopic (exact) mass is 289 g/mol. The van der Waals surface area contributed by atoms with Crippen molar-refractivity contribution in [1.82, 2.24) is 0 Å². The number of carboxylic acid groups (broad SMARTS) is 1. The molecule has 0 bridgehead atoms. The van der Waals surface area contributed by atoms with Crippen molar-refractivity contribution in [2.75, 3.05) is 11.4 Å². The number of benzene rings is 2. The summed E-state index contributed by atoms with van der Waals surface area (Å²) >= 11 is 5.87. The van der Waals surface area contributed by atoms with Gasteiger partial charge in [0.1, 0.15) is 6.54 Å². The van der Waals surface area contributed by atoms with E-state index in [1.54, 1.807) is 12.1 Å². The van der Waals surface area contributed by atoms with Crippen molar-refractivity contribution >= 4 is 23.3 Å². The molecule has 0 saturated heterocycles. The van der Waals surface area contributed by atoms with E-state index in [1.165, 1.54) is 0 Å². The smallest absolute Gasteiger partial charge is 0.323 e. The molecule has 3 nitrogen and oxygen atoms in total. The number of hydrogen-bond acceptors (Lipinski definition) is 2. The number of aliphatic carboxylic acids is 1. The van der Waals surface area contributed by atoms with Gasteiger partial charge in [-0.05, 0) is 36.8 Å². The van der Waals surface area contributed by atoms with Crippen LogP contribution in [0.3, 0.4) is 0 Å². The third-order valence-electron chi connectivity index (χ3n) is 2.97. The number of carboxylic acids is 1. The van der Waals surface area contributed by atoms with Crippen LogP contribution in [0.25, 0.3) is 0 Å². The summed E-state index contributed by atoms with van der Waals surface area (Å²) in [6.07, 6.45) is 0. The van der Waals surface area contributed by atoms with E-state index in [9.17, 15) is 4.79 Å². The molecule has 20 heavy (non-hydrogen) atoms. The lowest BCUT2D eigenvalue weighted by Gasteiger charge is -2.23. The number of halogens is 1. The maximum atomic E-state index is 11.0. The normalized spacial score (nSPS) is 10.3. The van der Waals surface area contributed by atoms with Crippen LogP contribution in [-0.2, 0) is 11.3 Å². The fourth-order valence-corrected chi connectivity index (χ4v) is 2.21. The number of aryl methyl sites for hydroxylation is 1. The van der Waals surface area contributed by atoms with Crippen molar-refractivity contribution in [2.24, 2.45) is 0 Å². The lowest BCUT2D eigenvalue weighted by atomic mass is 10.1. The number of rotatable bonds is 5. The Labute approximate surface area is 123 Å². The molecule has 0 unspecified atom stereocenters. The predicted octanol–water partition coefficient (Wildman–Crippen LogP) is 3.74. The van der Waals surface area contributed by atoms with Crippen molar-refractivity contribution in [3.05, 3.63) is 64.7 Å².